The third-order valence-corrected chi connectivity index (χ3v) is 6.51. The summed E-state index contributed by atoms with van der Waals surface area (Å²) in [5.74, 6) is 0.204. The largest absolute Gasteiger partial charge is 0.491 e. The van der Waals surface area contributed by atoms with Crippen LogP contribution >= 0.6 is 0 Å². The molecule has 150 valence electrons. The van der Waals surface area contributed by atoms with Crippen LogP contribution in [0.4, 0.5) is 5.69 Å². The van der Waals surface area contributed by atoms with E-state index in [2.05, 4.69) is 5.32 Å². The lowest BCUT2D eigenvalue weighted by atomic mass is 9.99. The highest BCUT2D eigenvalue weighted by atomic mass is 32.2. The van der Waals surface area contributed by atoms with Gasteiger partial charge in [-0.3, -0.25) is 4.79 Å². The first kappa shape index (κ1) is 20.4. The lowest BCUT2D eigenvalue weighted by molar-refractivity contribution is -0.120. The number of sulfonamides is 1. The van der Waals surface area contributed by atoms with E-state index in [9.17, 15) is 13.2 Å². The van der Waals surface area contributed by atoms with Crippen LogP contribution in [0.1, 0.15) is 26.7 Å². The quantitative estimate of drug-likeness (QED) is 0.802. The molecule has 1 fully saturated rings. The van der Waals surface area contributed by atoms with Gasteiger partial charge < -0.3 is 10.1 Å². The molecule has 1 N–H and O–H groups in total. The predicted molar refractivity (Wildman–Crippen MR) is 109 cm³/mol. The van der Waals surface area contributed by atoms with Crippen LogP contribution in [0.5, 0.6) is 5.75 Å². The summed E-state index contributed by atoms with van der Waals surface area (Å²) in [4.78, 5) is 12.9. The van der Waals surface area contributed by atoms with Crippen LogP contribution in [0.15, 0.2) is 59.5 Å². The van der Waals surface area contributed by atoms with Gasteiger partial charge in [-0.05, 0) is 63.1 Å². The molecular weight excluding hydrogens is 376 g/mol. The van der Waals surface area contributed by atoms with Crippen LogP contribution in [-0.2, 0) is 14.8 Å². The molecule has 0 spiro atoms. The van der Waals surface area contributed by atoms with Crippen molar-refractivity contribution in [2.24, 2.45) is 5.92 Å². The normalized spacial score (nSPS) is 18.0. The Labute approximate surface area is 166 Å². The van der Waals surface area contributed by atoms with Gasteiger partial charge in [0, 0.05) is 18.8 Å². The molecule has 7 heteroatoms. The minimum Gasteiger partial charge on any atom is -0.491 e. The van der Waals surface area contributed by atoms with E-state index in [0.717, 1.165) is 5.75 Å². The standard InChI is InChI=1S/C21H26N2O4S/c1-16(2)27-19-12-10-18(11-13-19)22-21(24)17-7-6-14-23(15-17)28(25,26)20-8-4-3-5-9-20/h3-5,8-13,16-17H,6-7,14-15H2,1-2H3,(H,22,24)/t17-/m0/s1. The number of hydrogen-bond donors (Lipinski definition) is 1. The van der Waals surface area contributed by atoms with Crippen molar-refractivity contribution >= 4 is 21.6 Å². The molecular formula is C21H26N2O4S. The minimum absolute atomic E-state index is 0.0835. The van der Waals surface area contributed by atoms with Crippen molar-refractivity contribution in [3.05, 3.63) is 54.6 Å². The molecule has 6 nitrogen and oxygen atoms in total. The van der Waals surface area contributed by atoms with Gasteiger partial charge in [-0.15, -0.1) is 0 Å². The molecule has 0 unspecified atom stereocenters. The number of hydrogen-bond acceptors (Lipinski definition) is 4. The molecule has 1 amide bonds. The summed E-state index contributed by atoms with van der Waals surface area (Å²) in [6.07, 6.45) is 1.41. The molecule has 2 aromatic carbocycles. The van der Waals surface area contributed by atoms with E-state index < -0.39 is 10.0 Å². The Morgan fingerprint density at radius 1 is 1.11 bits per heavy atom. The van der Waals surface area contributed by atoms with Crippen molar-refractivity contribution < 1.29 is 17.9 Å². The van der Waals surface area contributed by atoms with Gasteiger partial charge >= 0.3 is 0 Å². The van der Waals surface area contributed by atoms with Gasteiger partial charge in [0.25, 0.3) is 0 Å². The Morgan fingerprint density at radius 3 is 2.43 bits per heavy atom. The first-order valence-corrected chi connectivity index (χ1v) is 10.9. The van der Waals surface area contributed by atoms with Gasteiger partial charge in [0.2, 0.25) is 15.9 Å². The van der Waals surface area contributed by atoms with Crippen molar-refractivity contribution in [2.45, 2.75) is 37.7 Å². The second kappa shape index (κ2) is 8.75. The monoisotopic (exact) mass is 402 g/mol. The third-order valence-electron chi connectivity index (χ3n) is 4.63. The number of rotatable bonds is 6. The molecule has 28 heavy (non-hydrogen) atoms. The highest BCUT2D eigenvalue weighted by Gasteiger charge is 2.33. The van der Waals surface area contributed by atoms with Crippen LogP contribution in [0, 0.1) is 5.92 Å². The molecule has 1 saturated heterocycles. The van der Waals surface area contributed by atoms with E-state index >= 15 is 0 Å². The first-order chi connectivity index (χ1) is 13.4. The van der Waals surface area contributed by atoms with Gasteiger partial charge in [-0.1, -0.05) is 18.2 Å². The summed E-state index contributed by atoms with van der Waals surface area (Å²) in [6.45, 7) is 4.53. The second-order valence-corrected chi connectivity index (χ2v) is 9.13. The summed E-state index contributed by atoms with van der Waals surface area (Å²) < 4.78 is 32.6. The maximum Gasteiger partial charge on any atom is 0.243 e. The van der Waals surface area contributed by atoms with Crippen molar-refractivity contribution in [3.63, 3.8) is 0 Å². The van der Waals surface area contributed by atoms with E-state index in [-0.39, 0.29) is 29.4 Å². The molecule has 0 bridgehead atoms. The van der Waals surface area contributed by atoms with Gasteiger partial charge in [-0.25, -0.2) is 8.42 Å². The number of piperidine rings is 1. The molecule has 1 heterocycles. The Morgan fingerprint density at radius 2 is 1.79 bits per heavy atom. The number of amides is 1. The Kier molecular flexibility index (Phi) is 6.36. The maximum absolute atomic E-state index is 12.8. The average molecular weight is 403 g/mol. The predicted octanol–water partition coefficient (Wildman–Crippen LogP) is 3.51. The van der Waals surface area contributed by atoms with E-state index in [1.54, 1.807) is 42.5 Å². The van der Waals surface area contributed by atoms with Crippen molar-refractivity contribution in [1.82, 2.24) is 4.31 Å². The maximum atomic E-state index is 12.8. The van der Waals surface area contributed by atoms with Gasteiger partial charge in [-0.2, -0.15) is 4.31 Å². The SMILES string of the molecule is CC(C)Oc1ccc(NC(=O)[C@H]2CCCN(S(=O)(=O)c3ccccc3)C2)cc1. The highest BCUT2D eigenvalue weighted by Crippen LogP contribution is 2.25. The summed E-state index contributed by atoms with van der Waals surface area (Å²) in [5.41, 5.74) is 0.671. The number of nitrogens with zero attached hydrogens (tertiary/aromatic N) is 1. The Bertz CT molecular complexity index is 896. The molecule has 0 radical (unpaired) electrons. The number of carbonyl (C=O) groups is 1. The molecule has 1 aliphatic heterocycles. The topological polar surface area (TPSA) is 75.7 Å². The van der Waals surface area contributed by atoms with Gasteiger partial charge in [0.1, 0.15) is 5.75 Å². The van der Waals surface area contributed by atoms with Crippen LogP contribution in [0.2, 0.25) is 0 Å². The molecule has 0 aliphatic carbocycles. The molecule has 0 aromatic heterocycles. The second-order valence-electron chi connectivity index (χ2n) is 7.20. The van der Waals surface area contributed by atoms with E-state index in [0.29, 0.717) is 25.1 Å². The number of ether oxygens (including phenoxy) is 1. The summed E-state index contributed by atoms with van der Waals surface area (Å²) in [7, 11) is -3.58. The van der Waals surface area contributed by atoms with E-state index in [4.69, 9.17) is 4.74 Å². The fourth-order valence-electron chi connectivity index (χ4n) is 3.25. The fraction of sp³-hybridized carbons (Fsp3) is 0.381. The molecule has 1 atom stereocenters. The fourth-order valence-corrected chi connectivity index (χ4v) is 4.79. The molecule has 0 saturated carbocycles. The zero-order chi connectivity index (χ0) is 20.1. The average Bonchev–Trinajstić information content (AvgIpc) is 2.70. The number of anilines is 1. The van der Waals surface area contributed by atoms with Crippen LogP contribution in [-0.4, -0.2) is 37.8 Å². The summed E-state index contributed by atoms with van der Waals surface area (Å²) in [6, 6.07) is 15.5. The molecule has 2 aromatic rings. The number of nitrogens with one attached hydrogen (secondary N) is 1. The zero-order valence-electron chi connectivity index (χ0n) is 16.2. The smallest absolute Gasteiger partial charge is 0.243 e. The highest BCUT2D eigenvalue weighted by molar-refractivity contribution is 7.89. The third kappa shape index (κ3) is 4.91. The molecule has 3 rings (SSSR count). The minimum atomic E-state index is -3.58. The summed E-state index contributed by atoms with van der Waals surface area (Å²) in [5, 5.41) is 2.89. The first-order valence-electron chi connectivity index (χ1n) is 9.49. The van der Waals surface area contributed by atoms with Crippen LogP contribution in [0.25, 0.3) is 0 Å². The van der Waals surface area contributed by atoms with Gasteiger partial charge in [0.15, 0.2) is 0 Å². The van der Waals surface area contributed by atoms with Gasteiger partial charge in [0.05, 0.1) is 16.9 Å². The Hall–Kier alpha value is -2.38. The number of benzene rings is 2. The van der Waals surface area contributed by atoms with Crippen molar-refractivity contribution in [2.75, 3.05) is 18.4 Å². The van der Waals surface area contributed by atoms with Crippen molar-refractivity contribution in [3.8, 4) is 5.75 Å². The molecule has 1 aliphatic rings. The lowest BCUT2D eigenvalue weighted by Gasteiger charge is -2.31. The van der Waals surface area contributed by atoms with Crippen molar-refractivity contribution in [1.29, 1.82) is 0 Å². The number of carbonyl (C=O) groups excluding carboxylic acids is 1. The summed E-state index contributed by atoms with van der Waals surface area (Å²) >= 11 is 0. The van der Waals surface area contributed by atoms with Crippen LogP contribution in [0.3, 0.4) is 0 Å². The zero-order valence-corrected chi connectivity index (χ0v) is 17.0. The van der Waals surface area contributed by atoms with E-state index in [1.165, 1.54) is 4.31 Å². The Balaban J connectivity index is 1.64. The lowest BCUT2D eigenvalue weighted by Crippen LogP contribution is -2.43. The van der Waals surface area contributed by atoms with E-state index in [1.807, 2.05) is 26.0 Å². The van der Waals surface area contributed by atoms with Crippen LogP contribution < -0.4 is 10.1 Å².